The lowest BCUT2D eigenvalue weighted by atomic mass is 9.99. The van der Waals surface area contributed by atoms with Crippen LogP contribution in [0, 0.1) is 11.3 Å². The molecule has 0 aliphatic heterocycles. The maximum absolute atomic E-state index is 3.99. The summed E-state index contributed by atoms with van der Waals surface area (Å²) in [6.07, 6.45) is 7.36. The number of hydrogen-bond acceptors (Lipinski definition) is 1. The van der Waals surface area contributed by atoms with Gasteiger partial charge in [0.1, 0.15) is 0 Å². The van der Waals surface area contributed by atoms with E-state index >= 15 is 0 Å². The average molecular weight is 221 g/mol. The minimum Gasteiger partial charge on any atom is -0.389 e. The average Bonchev–Trinajstić information content (AvgIpc) is 2.85. The van der Waals surface area contributed by atoms with Gasteiger partial charge in [-0.2, -0.15) is 0 Å². The zero-order valence-corrected chi connectivity index (χ0v) is 11.4. The van der Waals surface area contributed by atoms with Crippen LogP contribution in [0.1, 0.15) is 53.4 Å². The minimum atomic E-state index is 0.590. The zero-order valence-electron chi connectivity index (χ0n) is 11.4. The molecule has 0 aromatic rings. The van der Waals surface area contributed by atoms with E-state index in [9.17, 15) is 0 Å². The Morgan fingerprint density at radius 2 is 2.19 bits per heavy atom. The Bertz CT molecular complexity index is 273. The molecule has 0 radical (unpaired) electrons. The minimum absolute atomic E-state index is 0.590. The van der Waals surface area contributed by atoms with Gasteiger partial charge in [-0.05, 0) is 50.9 Å². The van der Waals surface area contributed by atoms with E-state index in [-0.39, 0.29) is 0 Å². The topological polar surface area (TPSA) is 12.0 Å². The van der Waals surface area contributed by atoms with Crippen LogP contribution in [-0.2, 0) is 0 Å². The van der Waals surface area contributed by atoms with Gasteiger partial charge in [-0.25, -0.2) is 0 Å². The van der Waals surface area contributed by atoms with Crippen molar-refractivity contribution < 1.29 is 0 Å². The molecule has 16 heavy (non-hydrogen) atoms. The number of rotatable bonds is 7. The Morgan fingerprint density at radius 1 is 1.50 bits per heavy atom. The molecule has 2 atom stereocenters. The lowest BCUT2D eigenvalue weighted by molar-refractivity contribution is 0.456. The molecule has 92 valence electrons. The zero-order chi connectivity index (χ0) is 12.2. The van der Waals surface area contributed by atoms with Gasteiger partial charge in [0.05, 0.1) is 0 Å². The second-order valence-electron chi connectivity index (χ2n) is 5.71. The van der Waals surface area contributed by atoms with Crippen molar-refractivity contribution in [3.63, 3.8) is 0 Å². The van der Waals surface area contributed by atoms with Crippen molar-refractivity contribution in [3.8, 4) is 0 Å². The van der Waals surface area contributed by atoms with Gasteiger partial charge in [-0.1, -0.05) is 32.1 Å². The number of hydrogen-bond donors (Lipinski definition) is 1. The molecule has 1 aliphatic carbocycles. The maximum Gasteiger partial charge on any atom is 0.0177 e. The van der Waals surface area contributed by atoms with Gasteiger partial charge < -0.3 is 5.32 Å². The smallest absolute Gasteiger partial charge is 0.0177 e. The molecule has 0 saturated heterocycles. The Balaban J connectivity index is 2.20. The molecule has 1 nitrogen and oxygen atoms in total. The predicted molar refractivity (Wildman–Crippen MR) is 72.3 cm³/mol. The van der Waals surface area contributed by atoms with E-state index in [2.05, 4.69) is 45.7 Å². The monoisotopic (exact) mass is 221 g/mol. The van der Waals surface area contributed by atoms with Gasteiger partial charge >= 0.3 is 0 Å². The normalized spacial score (nSPS) is 27.4. The van der Waals surface area contributed by atoms with Crippen molar-refractivity contribution in [2.24, 2.45) is 11.3 Å². The molecule has 0 amide bonds. The van der Waals surface area contributed by atoms with E-state index < -0.39 is 0 Å². The van der Waals surface area contributed by atoms with E-state index in [0.717, 1.165) is 18.9 Å². The summed E-state index contributed by atoms with van der Waals surface area (Å²) in [5.41, 5.74) is 3.21. The van der Waals surface area contributed by atoms with Crippen LogP contribution in [0.5, 0.6) is 0 Å². The van der Waals surface area contributed by atoms with Crippen molar-refractivity contribution in [1.82, 2.24) is 5.32 Å². The van der Waals surface area contributed by atoms with Gasteiger partial charge in [-0.3, -0.25) is 0 Å². The predicted octanol–water partition coefficient (Wildman–Crippen LogP) is 4.27. The summed E-state index contributed by atoms with van der Waals surface area (Å²) >= 11 is 0. The van der Waals surface area contributed by atoms with Crippen LogP contribution in [0.2, 0.25) is 0 Å². The standard InChI is InChI=1S/C15H27N/c1-6-13(4)16-11-14-10-15(14,5)9-7-8-12(2)3/h8,14,16H,4,6-7,9-11H2,1-3,5H3. The lowest BCUT2D eigenvalue weighted by Gasteiger charge is -2.12. The fourth-order valence-electron chi connectivity index (χ4n) is 2.21. The largest absolute Gasteiger partial charge is 0.389 e. The molecular formula is C15H27N. The van der Waals surface area contributed by atoms with Crippen molar-refractivity contribution in [1.29, 1.82) is 0 Å². The highest BCUT2D eigenvalue weighted by molar-refractivity contribution is 5.04. The highest BCUT2D eigenvalue weighted by Crippen LogP contribution is 2.55. The first kappa shape index (κ1) is 13.3. The molecule has 1 saturated carbocycles. The molecule has 1 fully saturated rings. The molecule has 1 aliphatic rings. The summed E-state index contributed by atoms with van der Waals surface area (Å²) in [4.78, 5) is 0. The van der Waals surface area contributed by atoms with Gasteiger partial charge in [0.15, 0.2) is 0 Å². The van der Waals surface area contributed by atoms with Crippen molar-refractivity contribution in [2.75, 3.05) is 6.54 Å². The van der Waals surface area contributed by atoms with Crippen LogP contribution in [0.25, 0.3) is 0 Å². The molecule has 0 aromatic carbocycles. The summed E-state index contributed by atoms with van der Waals surface area (Å²) in [5, 5.41) is 3.44. The van der Waals surface area contributed by atoms with Crippen LogP contribution < -0.4 is 5.32 Å². The summed E-state index contributed by atoms with van der Waals surface area (Å²) in [6, 6.07) is 0. The highest BCUT2D eigenvalue weighted by Gasteiger charge is 2.48. The van der Waals surface area contributed by atoms with Crippen molar-refractivity contribution >= 4 is 0 Å². The third-order valence-corrected chi connectivity index (χ3v) is 3.83. The molecule has 0 bridgehead atoms. The highest BCUT2D eigenvalue weighted by atomic mass is 14.9. The first-order chi connectivity index (χ1) is 7.48. The van der Waals surface area contributed by atoms with Gasteiger partial charge in [0.25, 0.3) is 0 Å². The lowest BCUT2D eigenvalue weighted by Crippen LogP contribution is -2.17. The number of nitrogens with one attached hydrogen (secondary N) is 1. The molecule has 0 spiro atoms. The van der Waals surface area contributed by atoms with E-state index in [4.69, 9.17) is 0 Å². The quantitative estimate of drug-likeness (QED) is 0.633. The summed E-state index contributed by atoms with van der Waals surface area (Å²) in [7, 11) is 0. The van der Waals surface area contributed by atoms with Gasteiger partial charge in [-0.15, -0.1) is 0 Å². The van der Waals surface area contributed by atoms with Gasteiger partial charge in [0.2, 0.25) is 0 Å². The second kappa shape index (κ2) is 5.56. The summed E-state index contributed by atoms with van der Waals surface area (Å²) < 4.78 is 0. The van der Waals surface area contributed by atoms with Gasteiger partial charge in [0, 0.05) is 12.2 Å². The molecular weight excluding hydrogens is 194 g/mol. The molecule has 0 aromatic heterocycles. The first-order valence-corrected chi connectivity index (χ1v) is 6.53. The molecule has 0 heterocycles. The van der Waals surface area contributed by atoms with Crippen LogP contribution in [0.3, 0.4) is 0 Å². The van der Waals surface area contributed by atoms with E-state index in [1.165, 1.54) is 30.5 Å². The molecule has 1 N–H and O–H groups in total. The Kier molecular flexibility index (Phi) is 4.64. The second-order valence-corrected chi connectivity index (χ2v) is 5.71. The maximum atomic E-state index is 3.99. The third kappa shape index (κ3) is 4.03. The van der Waals surface area contributed by atoms with Crippen molar-refractivity contribution in [3.05, 3.63) is 23.9 Å². The first-order valence-electron chi connectivity index (χ1n) is 6.53. The van der Waals surface area contributed by atoms with E-state index in [1.807, 2.05) is 0 Å². The molecule has 1 heteroatoms. The van der Waals surface area contributed by atoms with E-state index in [1.54, 1.807) is 0 Å². The molecule has 1 rings (SSSR count). The third-order valence-electron chi connectivity index (χ3n) is 3.83. The Hall–Kier alpha value is -0.720. The van der Waals surface area contributed by atoms with Crippen LogP contribution in [-0.4, -0.2) is 6.54 Å². The number of allylic oxidation sites excluding steroid dienone is 3. The Labute approximate surface area is 101 Å². The van der Waals surface area contributed by atoms with Crippen LogP contribution in [0.4, 0.5) is 0 Å². The SMILES string of the molecule is C=C(CC)NCC1CC1(C)CCC=C(C)C. The Morgan fingerprint density at radius 3 is 2.75 bits per heavy atom. The van der Waals surface area contributed by atoms with Crippen molar-refractivity contribution in [2.45, 2.75) is 53.4 Å². The fraction of sp³-hybridized carbons (Fsp3) is 0.733. The fourth-order valence-corrected chi connectivity index (χ4v) is 2.21. The summed E-state index contributed by atoms with van der Waals surface area (Å²) in [6.45, 7) is 14.0. The summed E-state index contributed by atoms with van der Waals surface area (Å²) in [5.74, 6) is 0.862. The molecule has 2 unspecified atom stereocenters. The van der Waals surface area contributed by atoms with Crippen LogP contribution in [0.15, 0.2) is 23.9 Å². The van der Waals surface area contributed by atoms with E-state index in [0.29, 0.717) is 5.41 Å². The van der Waals surface area contributed by atoms with Crippen LogP contribution >= 0.6 is 0 Å².